The molecule has 1 nitrogen and oxygen atoms in total. The van der Waals surface area contributed by atoms with Gasteiger partial charge in [0.25, 0.3) is 0 Å². The summed E-state index contributed by atoms with van der Waals surface area (Å²) in [6.45, 7) is 4.77. The second kappa shape index (κ2) is 3.57. The summed E-state index contributed by atoms with van der Waals surface area (Å²) in [6, 6.07) is 0.829. The molecular weight excluding hydrogens is 178 g/mol. The Morgan fingerprint density at radius 2 is 2.44 bits per heavy atom. The molecule has 2 heteroatoms. The molecule has 0 bridgehead atoms. The molecule has 54 valence electrons. The number of nitrogens with zero attached hydrogens (tertiary/aromatic N) is 1. The quantitative estimate of drug-likeness (QED) is 0.603. The Bertz CT molecular complexity index is 75.0. The van der Waals surface area contributed by atoms with Crippen molar-refractivity contribution in [1.82, 2.24) is 4.90 Å². The molecule has 1 aliphatic heterocycles. The minimum absolute atomic E-state index is 0.829. The molecule has 0 aromatic heterocycles. The number of halogens is 1. The van der Waals surface area contributed by atoms with E-state index in [1.165, 1.54) is 25.9 Å². The number of alkyl halides is 1. The summed E-state index contributed by atoms with van der Waals surface area (Å²) in [5.74, 6) is 0. The maximum Gasteiger partial charge on any atom is 0.0193 e. The number of likely N-dealkylation sites (tertiary alicyclic amines) is 1. The largest absolute Gasteiger partial charge is 0.300 e. The highest BCUT2D eigenvalue weighted by atomic mass is 79.9. The van der Waals surface area contributed by atoms with Crippen LogP contribution in [0.15, 0.2) is 0 Å². The number of hydrogen-bond donors (Lipinski definition) is 0. The van der Waals surface area contributed by atoms with Crippen LogP contribution in [-0.4, -0.2) is 29.4 Å². The van der Waals surface area contributed by atoms with Crippen LogP contribution in [0.4, 0.5) is 0 Å². The third kappa shape index (κ3) is 1.68. The highest BCUT2D eigenvalue weighted by Crippen LogP contribution is 2.17. The molecule has 1 fully saturated rings. The van der Waals surface area contributed by atoms with Gasteiger partial charge in [-0.3, -0.25) is 4.90 Å². The summed E-state index contributed by atoms with van der Waals surface area (Å²) in [5.41, 5.74) is 0. The van der Waals surface area contributed by atoms with Gasteiger partial charge in [0.05, 0.1) is 0 Å². The Morgan fingerprint density at radius 3 is 2.89 bits per heavy atom. The SMILES string of the molecule is CCN1CCC[C@H]1CBr. The van der Waals surface area contributed by atoms with E-state index < -0.39 is 0 Å². The molecule has 0 aliphatic carbocycles. The second-order valence-corrected chi connectivity index (χ2v) is 3.23. The molecule has 0 spiro atoms. The molecule has 0 unspecified atom stereocenters. The van der Waals surface area contributed by atoms with Crippen LogP contribution < -0.4 is 0 Å². The number of rotatable bonds is 2. The fourth-order valence-corrected chi connectivity index (χ4v) is 2.22. The van der Waals surface area contributed by atoms with E-state index in [0.717, 1.165) is 11.4 Å². The molecule has 0 amide bonds. The van der Waals surface area contributed by atoms with Crippen molar-refractivity contribution in [3.8, 4) is 0 Å². The average molecular weight is 192 g/mol. The Balaban J connectivity index is 2.32. The van der Waals surface area contributed by atoms with E-state index in [4.69, 9.17) is 0 Å². The molecular formula is C7H14BrN. The lowest BCUT2D eigenvalue weighted by molar-refractivity contribution is 0.288. The highest BCUT2D eigenvalue weighted by molar-refractivity contribution is 9.09. The summed E-state index contributed by atoms with van der Waals surface area (Å²) in [6.07, 6.45) is 2.78. The van der Waals surface area contributed by atoms with Gasteiger partial charge in [-0.1, -0.05) is 22.9 Å². The van der Waals surface area contributed by atoms with E-state index in [0.29, 0.717) is 0 Å². The van der Waals surface area contributed by atoms with Gasteiger partial charge in [0.15, 0.2) is 0 Å². The summed E-state index contributed by atoms with van der Waals surface area (Å²) >= 11 is 3.52. The smallest absolute Gasteiger partial charge is 0.0193 e. The average Bonchev–Trinajstić information content (AvgIpc) is 2.33. The Hall–Kier alpha value is 0.440. The van der Waals surface area contributed by atoms with Gasteiger partial charge in [0.1, 0.15) is 0 Å². The summed E-state index contributed by atoms with van der Waals surface area (Å²) < 4.78 is 0. The molecule has 0 radical (unpaired) electrons. The zero-order valence-corrected chi connectivity index (χ0v) is 7.52. The molecule has 1 rings (SSSR count). The fraction of sp³-hybridized carbons (Fsp3) is 1.00. The van der Waals surface area contributed by atoms with E-state index >= 15 is 0 Å². The van der Waals surface area contributed by atoms with Crippen LogP contribution in [0.25, 0.3) is 0 Å². The van der Waals surface area contributed by atoms with E-state index in [9.17, 15) is 0 Å². The van der Waals surface area contributed by atoms with Crippen molar-refractivity contribution in [1.29, 1.82) is 0 Å². The fourth-order valence-electron chi connectivity index (χ4n) is 1.49. The standard InChI is InChI=1S/C7H14BrN/c1-2-9-5-3-4-7(9)6-8/h7H,2-6H2,1H3/t7-/m0/s1. The molecule has 1 aliphatic rings. The van der Waals surface area contributed by atoms with Crippen molar-refractivity contribution in [3.63, 3.8) is 0 Å². The normalized spacial score (nSPS) is 29.3. The third-order valence-corrected chi connectivity index (χ3v) is 2.83. The van der Waals surface area contributed by atoms with Gasteiger partial charge in [0.2, 0.25) is 0 Å². The molecule has 0 aromatic carbocycles. The van der Waals surface area contributed by atoms with Crippen LogP contribution in [0.2, 0.25) is 0 Å². The van der Waals surface area contributed by atoms with Crippen molar-refractivity contribution in [2.45, 2.75) is 25.8 Å². The minimum Gasteiger partial charge on any atom is -0.300 e. The van der Waals surface area contributed by atoms with E-state index in [1.54, 1.807) is 0 Å². The van der Waals surface area contributed by atoms with Crippen LogP contribution in [0.3, 0.4) is 0 Å². The molecule has 9 heavy (non-hydrogen) atoms. The van der Waals surface area contributed by atoms with E-state index in [2.05, 4.69) is 27.8 Å². The third-order valence-electron chi connectivity index (χ3n) is 2.08. The molecule has 0 aromatic rings. The second-order valence-electron chi connectivity index (χ2n) is 2.58. The van der Waals surface area contributed by atoms with Crippen molar-refractivity contribution in [2.75, 3.05) is 18.4 Å². The predicted molar refractivity (Wildman–Crippen MR) is 44.1 cm³/mol. The van der Waals surface area contributed by atoms with Gasteiger partial charge >= 0.3 is 0 Å². The van der Waals surface area contributed by atoms with Crippen LogP contribution in [0, 0.1) is 0 Å². The predicted octanol–water partition coefficient (Wildman–Crippen LogP) is 1.87. The van der Waals surface area contributed by atoms with Crippen LogP contribution in [-0.2, 0) is 0 Å². The Morgan fingerprint density at radius 1 is 1.67 bits per heavy atom. The van der Waals surface area contributed by atoms with Gasteiger partial charge in [-0.25, -0.2) is 0 Å². The molecule has 1 atom stereocenters. The highest BCUT2D eigenvalue weighted by Gasteiger charge is 2.20. The van der Waals surface area contributed by atoms with Crippen molar-refractivity contribution >= 4 is 15.9 Å². The van der Waals surface area contributed by atoms with E-state index in [1.807, 2.05) is 0 Å². The zero-order chi connectivity index (χ0) is 6.69. The topological polar surface area (TPSA) is 3.24 Å². The minimum atomic E-state index is 0.829. The first-order valence-electron chi connectivity index (χ1n) is 3.68. The van der Waals surface area contributed by atoms with E-state index in [-0.39, 0.29) is 0 Å². The molecule has 0 saturated carbocycles. The van der Waals surface area contributed by atoms with Crippen LogP contribution in [0.1, 0.15) is 19.8 Å². The van der Waals surface area contributed by atoms with Gasteiger partial charge < -0.3 is 0 Å². The summed E-state index contributed by atoms with van der Waals surface area (Å²) in [7, 11) is 0. The lowest BCUT2D eigenvalue weighted by Gasteiger charge is -2.19. The lowest BCUT2D eigenvalue weighted by atomic mass is 10.2. The monoisotopic (exact) mass is 191 g/mol. The van der Waals surface area contributed by atoms with Crippen LogP contribution in [0.5, 0.6) is 0 Å². The van der Waals surface area contributed by atoms with Gasteiger partial charge in [-0.2, -0.15) is 0 Å². The summed E-state index contributed by atoms with van der Waals surface area (Å²) in [5, 5.41) is 1.15. The molecule has 1 saturated heterocycles. The van der Waals surface area contributed by atoms with Crippen molar-refractivity contribution in [2.24, 2.45) is 0 Å². The number of hydrogen-bond acceptors (Lipinski definition) is 1. The Kier molecular flexibility index (Phi) is 2.99. The molecule has 1 heterocycles. The molecule has 0 N–H and O–H groups in total. The van der Waals surface area contributed by atoms with Crippen molar-refractivity contribution in [3.05, 3.63) is 0 Å². The lowest BCUT2D eigenvalue weighted by Crippen LogP contribution is -2.29. The zero-order valence-electron chi connectivity index (χ0n) is 5.94. The van der Waals surface area contributed by atoms with Gasteiger partial charge in [-0.05, 0) is 25.9 Å². The van der Waals surface area contributed by atoms with Gasteiger partial charge in [0, 0.05) is 11.4 Å². The maximum absolute atomic E-state index is 3.52. The van der Waals surface area contributed by atoms with Crippen LogP contribution >= 0.6 is 15.9 Å². The van der Waals surface area contributed by atoms with Gasteiger partial charge in [-0.15, -0.1) is 0 Å². The first kappa shape index (κ1) is 7.55. The first-order chi connectivity index (χ1) is 4.38. The maximum atomic E-state index is 3.52. The Labute approximate surface area is 65.6 Å². The first-order valence-corrected chi connectivity index (χ1v) is 4.80. The summed E-state index contributed by atoms with van der Waals surface area (Å²) in [4.78, 5) is 2.54. The van der Waals surface area contributed by atoms with Crippen molar-refractivity contribution < 1.29 is 0 Å².